The molecule has 0 aliphatic carbocycles. The van der Waals surface area contributed by atoms with Crippen LogP contribution in [0, 0.1) is 6.92 Å². The van der Waals surface area contributed by atoms with Gasteiger partial charge in [-0.25, -0.2) is 8.42 Å². The number of fused-ring (bicyclic) bond motifs is 1. The molecule has 0 saturated heterocycles. The summed E-state index contributed by atoms with van der Waals surface area (Å²) in [7, 11) is -3.57. The van der Waals surface area contributed by atoms with Crippen LogP contribution in [0.15, 0.2) is 69.3 Å². The van der Waals surface area contributed by atoms with E-state index in [9.17, 15) is 13.2 Å². The molecule has 1 N–H and O–H groups in total. The first-order valence-electron chi connectivity index (χ1n) is 6.42. The van der Waals surface area contributed by atoms with Gasteiger partial charge in [0.15, 0.2) is 0 Å². The van der Waals surface area contributed by atoms with Gasteiger partial charge in [0, 0.05) is 11.6 Å². The molecule has 5 heteroatoms. The highest BCUT2D eigenvalue weighted by molar-refractivity contribution is 7.91. The molecule has 0 amide bonds. The molecule has 0 bridgehead atoms. The molecule has 1 heterocycles. The Morgan fingerprint density at radius 1 is 0.905 bits per heavy atom. The second-order valence-corrected chi connectivity index (χ2v) is 6.82. The monoisotopic (exact) mass is 299 g/mol. The minimum absolute atomic E-state index is 0.185. The summed E-state index contributed by atoms with van der Waals surface area (Å²) in [5.74, 6) is 0. The fourth-order valence-corrected chi connectivity index (χ4v) is 3.49. The molecule has 2 aromatic carbocycles. The highest BCUT2D eigenvalue weighted by Crippen LogP contribution is 2.23. The van der Waals surface area contributed by atoms with Crippen molar-refractivity contribution < 1.29 is 8.42 Å². The third-order valence-corrected chi connectivity index (χ3v) is 5.15. The first-order valence-corrected chi connectivity index (χ1v) is 7.90. The van der Waals surface area contributed by atoms with Gasteiger partial charge in [0.2, 0.25) is 9.84 Å². The van der Waals surface area contributed by atoms with Gasteiger partial charge < -0.3 is 4.98 Å². The van der Waals surface area contributed by atoms with Gasteiger partial charge in [0.05, 0.1) is 9.79 Å². The molecule has 3 aromatic rings. The third-order valence-electron chi connectivity index (χ3n) is 3.39. The molecule has 21 heavy (non-hydrogen) atoms. The van der Waals surface area contributed by atoms with E-state index in [1.807, 2.05) is 6.92 Å². The summed E-state index contributed by atoms with van der Waals surface area (Å²) in [6.45, 7) is 1.90. The van der Waals surface area contributed by atoms with Crippen LogP contribution in [0.3, 0.4) is 0 Å². The Hall–Kier alpha value is -2.40. The summed E-state index contributed by atoms with van der Waals surface area (Å²) >= 11 is 0. The summed E-state index contributed by atoms with van der Waals surface area (Å²) in [5.41, 5.74) is 0.769. The van der Waals surface area contributed by atoms with Crippen molar-refractivity contribution in [2.45, 2.75) is 16.7 Å². The van der Waals surface area contributed by atoms with E-state index in [1.54, 1.807) is 30.3 Å². The van der Waals surface area contributed by atoms with Crippen LogP contribution in [-0.2, 0) is 9.84 Å². The second-order valence-electron chi connectivity index (χ2n) is 4.87. The van der Waals surface area contributed by atoms with Crippen LogP contribution >= 0.6 is 0 Å². The number of nitrogens with one attached hydrogen (secondary N) is 1. The Balaban J connectivity index is 2.19. The van der Waals surface area contributed by atoms with E-state index in [-0.39, 0.29) is 15.4 Å². The summed E-state index contributed by atoms with van der Waals surface area (Å²) in [6, 6.07) is 12.9. The van der Waals surface area contributed by atoms with Gasteiger partial charge in [0.1, 0.15) is 0 Å². The number of aromatic amines is 1. The van der Waals surface area contributed by atoms with E-state index in [0.717, 1.165) is 5.56 Å². The van der Waals surface area contributed by atoms with Gasteiger partial charge in [-0.15, -0.1) is 0 Å². The molecule has 4 nitrogen and oxygen atoms in total. The molecule has 0 unspecified atom stereocenters. The summed E-state index contributed by atoms with van der Waals surface area (Å²) in [4.78, 5) is 14.6. The number of hydrogen-bond donors (Lipinski definition) is 1. The lowest BCUT2D eigenvalue weighted by Crippen LogP contribution is -2.06. The average Bonchev–Trinajstić information content (AvgIpc) is 2.47. The van der Waals surface area contributed by atoms with Gasteiger partial charge >= 0.3 is 0 Å². The molecule has 0 aliphatic heterocycles. The Morgan fingerprint density at radius 2 is 1.57 bits per heavy atom. The van der Waals surface area contributed by atoms with Crippen molar-refractivity contribution in [2.24, 2.45) is 0 Å². The summed E-state index contributed by atoms with van der Waals surface area (Å²) < 4.78 is 25.2. The van der Waals surface area contributed by atoms with Crippen molar-refractivity contribution in [3.63, 3.8) is 0 Å². The number of sulfone groups is 1. The molecule has 1 aromatic heterocycles. The lowest BCUT2D eigenvalue weighted by Gasteiger charge is -2.06. The Labute approximate surface area is 122 Å². The predicted octanol–water partition coefficient (Wildman–Crippen LogP) is 2.67. The largest absolute Gasteiger partial charge is 0.329 e. The van der Waals surface area contributed by atoms with Crippen molar-refractivity contribution in [1.82, 2.24) is 4.98 Å². The van der Waals surface area contributed by atoms with Crippen molar-refractivity contribution in [2.75, 3.05) is 0 Å². The van der Waals surface area contributed by atoms with Crippen LogP contribution in [0.4, 0.5) is 0 Å². The highest BCUT2D eigenvalue weighted by atomic mass is 32.2. The fraction of sp³-hybridized carbons (Fsp3) is 0.0625. The van der Waals surface area contributed by atoms with Crippen LogP contribution < -0.4 is 5.56 Å². The maximum absolute atomic E-state index is 12.6. The highest BCUT2D eigenvalue weighted by Gasteiger charge is 2.17. The minimum Gasteiger partial charge on any atom is -0.329 e. The topological polar surface area (TPSA) is 67.0 Å². The zero-order valence-electron chi connectivity index (χ0n) is 11.3. The van der Waals surface area contributed by atoms with Crippen LogP contribution in [0.5, 0.6) is 0 Å². The first kappa shape index (κ1) is 13.6. The maximum atomic E-state index is 12.6. The SMILES string of the molecule is Cc1ccc(S(=O)(=O)c2ccc3c(=O)[nH]ccc3c2)cc1. The molecule has 106 valence electrons. The van der Waals surface area contributed by atoms with Crippen molar-refractivity contribution in [1.29, 1.82) is 0 Å². The molecular weight excluding hydrogens is 286 g/mol. The van der Waals surface area contributed by atoms with Crippen molar-refractivity contribution >= 4 is 20.6 Å². The van der Waals surface area contributed by atoms with Crippen LogP contribution in [-0.4, -0.2) is 13.4 Å². The predicted molar refractivity (Wildman–Crippen MR) is 81.2 cm³/mol. The minimum atomic E-state index is -3.57. The van der Waals surface area contributed by atoms with Crippen LogP contribution in [0.25, 0.3) is 10.8 Å². The number of hydrogen-bond acceptors (Lipinski definition) is 3. The molecule has 0 atom stereocenters. The van der Waals surface area contributed by atoms with Gasteiger partial charge in [-0.05, 0) is 48.7 Å². The number of aryl methyl sites for hydroxylation is 1. The van der Waals surface area contributed by atoms with Gasteiger partial charge in [-0.3, -0.25) is 4.79 Å². The van der Waals surface area contributed by atoms with E-state index in [1.165, 1.54) is 24.4 Å². The van der Waals surface area contributed by atoms with Gasteiger partial charge in [-0.1, -0.05) is 17.7 Å². The molecule has 0 spiro atoms. The van der Waals surface area contributed by atoms with E-state index < -0.39 is 9.84 Å². The number of H-pyrrole nitrogens is 1. The molecule has 0 saturated carbocycles. The van der Waals surface area contributed by atoms with Crippen molar-refractivity contribution in [3.05, 3.63) is 70.6 Å². The standard InChI is InChI=1S/C16H13NO3S/c1-11-2-4-13(5-3-11)21(19,20)14-6-7-15-12(10-14)8-9-17-16(15)18/h2-10H,1H3,(H,17,18). The van der Waals surface area contributed by atoms with Crippen molar-refractivity contribution in [3.8, 4) is 0 Å². The number of aromatic nitrogens is 1. The summed E-state index contributed by atoms with van der Waals surface area (Å²) in [5, 5.41) is 1.08. The summed E-state index contributed by atoms with van der Waals surface area (Å²) in [6.07, 6.45) is 1.51. The van der Waals surface area contributed by atoms with Gasteiger partial charge in [0.25, 0.3) is 5.56 Å². The molecule has 0 aliphatic rings. The number of pyridine rings is 1. The zero-order valence-corrected chi connectivity index (χ0v) is 12.1. The quantitative estimate of drug-likeness (QED) is 0.791. The van der Waals surface area contributed by atoms with Gasteiger partial charge in [-0.2, -0.15) is 0 Å². The van der Waals surface area contributed by atoms with E-state index in [0.29, 0.717) is 10.8 Å². The second kappa shape index (κ2) is 4.86. The average molecular weight is 299 g/mol. The number of benzene rings is 2. The fourth-order valence-electron chi connectivity index (χ4n) is 2.19. The maximum Gasteiger partial charge on any atom is 0.255 e. The Kier molecular flexibility index (Phi) is 3.14. The molecule has 0 fully saturated rings. The van der Waals surface area contributed by atoms with E-state index in [4.69, 9.17) is 0 Å². The Bertz CT molecular complexity index is 970. The lowest BCUT2D eigenvalue weighted by molar-refractivity contribution is 0.596. The molecule has 0 radical (unpaired) electrons. The smallest absolute Gasteiger partial charge is 0.255 e. The first-order chi connectivity index (χ1) is 9.98. The third kappa shape index (κ3) is 2.36. The van der Waals surface area contributed by atoms with E-state index in [2.05, 4.69) is 4.98 Å². The zero-order chi connectivity index (χ0) is 15.0. The molecule has 3 rings (SSSR count). The Morgan fingerprint density at radius 3 is 2.29 bits per heavy atom. The normalized spacial score (nSPS) is 11.7. The molecular formula is C16H13NO3S. The van der Waals surface area contributed by atoms with Crippen LogP contribution in [0.1, 0.15) is 5.56 Å². The lowest BCUT2D eigenvalue weighted by atomic mass is 10.2. The van der Waals surface area contributed by atoms with E-state index >= 15 is 0 Å². The van der Waals surface area contributed by atoms with Crippen LogP contribution in [0.2, 0.25) is 0 Å². The number of rotatable bonds is 2.